The number of ether oxygens (including phenoxy) is 4. The van der Waals surface area contributed by atoms with Crippen LogP contribution in [0.25, 0.3) is 0 Å². The van der Waals surface area contributed by atoms with Crippen LogP contribution in [0, 0.1) is 0 Å². The third-order valence-electron chi connectivity index (χ3n) is 5.49. The number of carboxylic acid groups (broad SMARTS) is 2. The van der Waals surface area contributed by atoms with Gasteiger partial charge in [0.25, 0.3) is 0 Å². The lowest BCUT2D eigenvalue weighted by molar-refractivity contribution is -0.259. The first-order valence-electron chi connectivity index (χ1n) is 13.2. The van der Waals surface area contributed by atoms with E-state index < -0.39 is 55.6 Å². The van der Waals surface area contributed by atoms with Crippen LogP contribution in [-0.4, -0.2) is 92.6 Å². The van der Waals surface area contributed by atoms with Crippen molar-refractivity contribution in [1.82, 2.24) is 0 Å². The fourth-order valence-electron chi connectivity index (χ4n) is 3.35. The number of hydrogen-bond acceptors (Lipinski definition) is 14. The fourth-order valence-corrected chi connectivity index (χ4v) is 3.35. The van der Waals surface area contributed by atoms with E-state index in [1.807, 2.05) is 0 Å². The Morgan fingerprint density at radius 1 is 0.689 bits per heavy atom. The molecule has 242 valence electrons. The van der Waals surface area contributed by atoms with Gasteiger partial charge in [0.05, 0.1) is 30.0 Å². The van der Waals surface area contributed by atoms with E-state index in [1.54, 1.807) is 19.2 Å². The molecule has 0 amide bonds. The quantitative estimate of drug-likeness (QED) is 0.0535. The van der Waals surface area contributed by atoms with Gasteiger partial charge in [0.2, 0.25) is 0 Å². The second-order valence-corrected chi connectivity index (χ2v) is 8.91. The van der Waals surface area contributed by atoms with Gasteiger partial charge in [0.1, 0.15) is 19.4 Å². The maximum Gasteiger partial charge on any atom is 0.344 e. The summed E-state index contributed by atoms with van der Waals surface area (Å²) in [7, 11) is 1.59. The summed E-state index contributed by atoms with van der Waals surface area (Å²) in [5.41, 5.74) is 1.09. The predicted octanol–water partition coefficient (Wildman–Crippen LogP) is 1.99. The van der Waals surface area contributed by atoms with Gasteiger partial charge in [-0.3, -0.25) is 9.59 Å². The van der Waals surface area contributed by atoms with E-state index in [9.17, 15) is 28.8 Å². The van der Waals surface area contributed by atoms with Crippen molar-refractivity contribution >= 4 is 47.2 Å². The molecule has 45 heavy (non-hydrogen) atoms. The number of anilines is 2. The largest absolute Gasteiger partial charge is 0.480 e. The van der Waals surface area contributed by atoms with Gasteiger partial charge in [-0.1, -0.05) is 11.6 Å². The molecule has 0 aliphatic carbocycles. The molecule has 2 aromatic rings. The number of carbonyl (C=O) groups excluding carboxylic acids is 4. The molecule has 0 bridgehead atoms. The third kappa shape index (κ3) is 13.5. The monoisotopic (exact) mass is 632 g/mol. The van der Waals surface area contributed by atoms with E-state index in [4.69, 9.17) is 34.1 Å². The first-order valence-corrected chi connectivity index (χ1v) is 13.2. The van der Waals surface area contributed by atoms with E-state index in [2.05, 4.69) is 11.5 Å². The molecule has 0 heterocycles. The normalized spacial score (nSPS) is 10.2. The standard InChI is InChI=1S/C29H32N2O14/c1-3-44-45-31(17-25(34)35)23-12-8-21(9-13-23)29(39)43-19-27(37)41-15-5-4-14-40-26(36)18-42-28(38)20-6-10-22(11-7-20)30(2)16-24(32)33/h3,6-13H,1,4-5,14-19H2,2H3,(H,32,33)(H,34,35). The minimum Gasteiger partial charge on any atom is -0.480 e. The Labute approximate surface area is 257 Å². The van der Waals surface area contributed by atoms with Gasteiger partial charge in [-0.15, -0.1) is 0 Å². The minimum absolute atomic E-state index is 0.0157. The molecule has 0 saturated heterocycles. The van der Waals surface area contributed by atoms with Gasteiger partial charge in [0.15, 0.2) is 13.2 Å². The molecule has 16 nitrogen and oxygen atoms in total. The highest BCUT2D eigenvalue weighted by Gasteiger charge is 2.16. The zero-order valence-corrected chi connectivity index (χ0v) is 24.2. The van der Waals surface area contributed by atoms with E-state index in [-0.39, 0.29) is 36.6 Å². The second-order valence-electron chi connectivity index (χ2n) is 8.91. The van der Waals surface area contributed by atoms with Crippen molar-refractivity contribution in [3.05, 3.63) is 72.5 Å². The highest BCUT2D eigenvalue weighted by atomic mass is 17.3. The SMILES string of the molecule is C=COON(CC(=O)O)c1ccc(C(=O)OCC(=O)OCCCCOC(=O)COC(=O)c2ccc(N(C)CC(=O)O)cc2)cc1. The average molecular weight is 633 g/mol. The van der Waals surface area contributed by atoms with Crippen molar-refractivity contribution in [3.8, 4) is 0 Å². The zero-order valence-electron chi connectivity index (χ0n) is 24.2. The number of likely N-dealkylation sites (N-methyl/N-ethyl adjacent to an activating group) is 1. The van der Waals surface area contributed by atoms with Gasteiger partial charge in [0, 0.05) is 12.7 Å². The molecule has 0 atom stereocenters. The lowest BCUT2D eigenvalue weighted by Crippen LogP contribution is -2.29. The van der Waals surface area contributed by atoms with Crippen LogP contribution < -0.4 is 9.96 Å². The molecule has 0 fully saturated rings. The van der Waals surface area contributed by atoms with Crippen molar-refractivity contribution in [2.24, 2.45) is 0 Å². The predicted molar refractivity (Wildman–Crippen MR) is 153 cm³/mol. The summed E-state index contributed by atoms with van der Waals surface area (Å²) in [4.78, 5) is 80.6. The van der Waals surface area contributed by atoms with Crippen LogP contribution >= 0.6 is 0 Å². The van der Waals surface area contributed by atoms with E-state index in [0.717, 1.165) is 11.3 Å². The number of benzene rings is 2. The van der Waals surface area contributed by atoms with E-state index in [1.165, 1.54) is 41.3 Å². The number of aliphatic carboxylic acids is 2. The molecular weight excluding hydrogens is 600 g/mol. The molecule has 16 heteroatoms. The van der Waals surface area contributed by atoms with E-state index in [0.29, 0.717) is 18.5 Å². The summed E-state index contributed by atoms with van der Waals surface area (Å²) in [6.45, 7) is 1.21. The topological polar surface area (TPSA) is 205 Å². The molecule has 0 aliphatic rings. The van der Waals surface area contributed by atoms with Crippen molar-refractivity contribution in [2.75, 3.05) is 56.5 Å². The maximum atomic E-state index is 12.2. The molecule has 2 rings (SSSR count). The Bertz CT molecular complexity index is 1330. The van der Waals surface area contributed by atoms with Gasteiger partial charge >= 0.3 is 35.8 Å². The van der Waals surface area contributed by atoms with Crippen LogP contribution in [0.4, 0.5) is 11.4 Å². The Balaban J connectivity index is 1.60. The molecule has 2 aromatic carbocycles. The molecule has 0 radical (unpaired) electrons. The van der Waals surface area contributed by atoms with Crippen molar-refractivity contribution in [2.45, 2.75) is 12.8 Å². The fraction of sp³-hybridized carbons (Fsp3) is 0.310. The van der Waals surface area contributed by atoms with Crippen molar-refractivity contribution in [3.63, 3.8) is 0 Å². The first-order chi connectivity index (χ1) is 21.5. The van der Waals surface area contributed by atoms with Crippen LogP contribution in [0.3, 0.4) is 0 Å². The second kappa shape index (κ2) is 18.8. The molecule has 0 aliphatic heterocycles. The molecule has 0 aromatic heterocycles. The highest BCUT2D eigenvalue weighted by Crippen LogP contribution is 2.17. The number of hydrogen-bond donors (Lipinski definition) is 2. The van der Waals surface area contributed by atoms with Crippen LogP contribution in [0.2, 0.25) is 0 Å². The summed E-state index contributed by atoms with van der Waals surface area (Å²) >= 11 is 0. The molecule has 0 saturated carbocycles. The number of nitrogens with zero attached hydrogens (tertiary/aromatic N) is 2. The number of unbranched alkanes of at least 4 members (excludes halogenated alkanes) is 1. The highest BCUT2D eigenvalue weighted by molar-refractivity contribution is 5.92. The van der Waals surface area contributed by atoms with E-state index >= 15 is 0 Å². The van der Waals surface area contributed by atoms with Crippen LogP contribution in [0.1, 0.15) is 33.6 Å². The summed E-state index contributed by atoms with van der Waals surface area (Å²) in [5, 5.41) is 18.7. The zero-order chi connectivity index (χ0) is 33.2. The van der Waals surface area contributed by atoms with Crippen LogP contribution in [0.5, 0.6) is 0 Å². The van der Waals surface area contributed by atoms with Crippen molar-refractivity contribution in [1.29, 1.82) is 0 Å². The average Bonchev–Trinajstić information content (AvgIpc) is 3.02. The summed E-state index contributed by atoms with van der Waals surface area (Å²) in [6.07, 6.45) is 1.63. The Hall–Kier alpha value is -5.64. The van der Waals surface area contributed by atoms with Crippen molar-refractivity contribution < 1.29 is 67.8 Å². The van der Waals surface area contributed by atoms with Crippen LogP contribution in [-0.2, 0) is 48.0 Å². The molecule has 0 spiro atoms. The Kier molecular flexibility index (Phi) is 14.9. The smallest absolute Gasteiger partial charge is 0.344 e. The third-order valence-corrected chi connectivity index (χ3v) is 5.49. The van der Waals surface area contributed by atoms with Crippen LogP contribution in [0.15, 0.2) is 61.4 Å². The molecular formula is C29H32N2O14. The number of esters is 4. The summed E-state index contributed by atoms with van der Waals surface area (Å²) < 4.78 is 19.8. The number of hydroxylamine groups is 1. The Morgan fingerprint density at radius 3 is 1.56 bits per heavy atom. The Morgan fingerprint density at radius 2 is 1.13 bits per heavy atom. The number of carboxylic acids is 2. The molecule has 2 N–H and O–H groups in total. The number of rotatable bonds is 20. The van der Waals surface area contributed by atoms with Gasteiger partial charge < -0.3 is 38.9 Å². The van der Waals surface area contributed by atoms with Gasteiger partial charge in [-0.25, -0.2) is 24.2 Å². The summed E-state index contributed by atoms with van der Waals surface area (Å²) in [6, 6.07) is 11.4. The lowest BCUT2D eigenvalue weighted by atomic mass is 10.2. The minimum atomic E-state index is -1.20. The summed E-state index contributed by atoms with van der Waals surface area (Å²) in [5.74, 6) is -5.35. The lowest BCUT2D eigenvalue weighted by Gasteiger charge is -2.19. The number of carbonyl (C=O) groups is 6. The maximum absolute atomic E-state index is 12.2. The van der Waals surface area contributed by atoms with Gasteiger partial charge in [-0.05, 0) is 61.4 Å². The van der Waals surface area contributed by atoms with Gasteiger partial charge in [-0.2, -0.15) is 0 Å². The first kappa shape index (κ1) is 35.6. The molecule has 0 unspecified atom stereocenters.